The van der Waals surface area contributed by atoms with Crippen LogP contribution >= 0.6 is 0 Å². The maximum atomic E-state index is 14.2. The van der Waals surface area contributed by atoms with E-state index in [9.17, 15) is 32.3 Å². The van der Waals surface area contributed by atoms with Gasteiger partial charge in [0, 0.05) is 12.2 Å². The summed E-state index contributed by atoms with van der Waals surface area (Å²) in [6.45, 7) is 3.52. The number of nitrogens with two attached hydrogens (primary N) is 1. The largest absolute Gasteiger partial charge is 0.491 e. The minimum Gasteiger partial charge on any atom is -0.490 e. The summed E-state index contributed by atoms with van der Waals surface area (Å²) in [6.07, 6.45) is -2.64. The number of unbranched alkanes of at least 4 members (excludes halogenated alkanes) is 1. The number of anilines is 2. The van der Waals surface area contributed by atoms with Gasteiger partial charge in [0.15, 0.2) is 11.6 Å². The van der Waals surface area contributed by atoms with Crippen molar-refractivity contribution < 1.29 is 41.8 Å². The minimum absolute atomic E-state index is 0.201. The number of rotatable bonds is 11. The number of carbonyl (C=O) groups excluding carboxylic acids is 4. The van der Waals surface area contributed by atoms with Crippen molar-refractivity contribution in [3.8, 4) is 5.75 Å². The number of carbonyl (C=O) groups is 4. The van der Waals surface area contributed by atoms with E-state index in [2.05, 4.69) is 9.72 Å². The molecule has 4 rings (SSSR count). The van der Waals surface area contributed by atoms with Crippen LogP contribution in [0.25, 0.3) is 0 Å². The number of aryl methyl sites for hydroxylation is 1. The van der Waals surface area contributed by atoms with Crippen molar-refractivity contribution in [2.45, 2.75) is 57.8 Å². The van der Waals surface area contributed by atoms with Gasteiger partial charge in [-0.25, -0.2) is 9.78 Å². The number of alkyl halides is 3. The Kier molecular flexibility index (Phi) is 10.4. The highest BCUT2D eigenvalue weighted by Crippen LogP contribution is 2.34. The topological polar surface area (TPSA) is 132 Å². The van der Waals surface area contributed by atoms with Gasteiger partial charge in [0.2, 0.25) is 5.91 Å². The molecular formula is C32H33F3N4O6. The van der Waals surface area contributed by atoms with Crippen molar-refractivity contribution in [3.63, 3.8) is 0 Å². The van der Waals surface area contributed by atoms with Gasteiger partial charge in [-0.3, -0.25) is 14.4 Å². The van der Waals surface area contributed by atoms with E-state index in [0.717, 1.165) is 10.5 Å². The molecule has 10 nitrogen and oxygen atoms in total. The number of hydrogen-bond donors (Lipinski definition) is 1. The van der Waals surface area contributed by atoms with Gasteiger partial charge in [0.1, 0.15) is 6.54 Å². The zero-order valence-electron chi connectivity index (χ0n) is 24.8. The third-order valence-corrected chi connectivity index (χ3v) is 7.18. The Morgan fingerprint density at radius 3 is 2.42 bits per heavy atom. The summed E-state index contributed by atoms with van der Waals surface area (Å²) in [7, 11) is 0. The van der Waals surface area contributed by atoms with Crippen LogP contribution in [0.3, 0.4) is 0 Å². The number of amides is 2. The van der Waals surface area contributed by atoms with E-state index in [1.54, 1.807) is 74.6 Å². The second kappa shape index (κ2) is 14.2. The molecule has 0 spiro atoms. The van der Waals surface area contributed by atoms with Gasteiger partial charge in [0.25, 0.3) is 5.91 Å². The Balaban J connectivity index is 1.59. The molecular weight excluding hydrogens is 593 g/mol. The molecule has 2 N–H and O–H groups in total. The zero-order chi connectivity index (χ0) is 32.7. The highest BCUT2D eigenvalue weighted by atomic mass is 19.4. The summed E-state index contributed by atoms with van der Waals surface area (Å²) < 4.78 is 48.1. The molecule has 0 saturated heterocycles. The number of halogens is 3. The van der Waals surface area contributed by atoms with E-state index in [1.165, 1.54) is 4.90 Å². The molecule has 0 bridgehead atoms. The number of esters is 2. The molecule has 1 aliphatic rings. The Morgan fingerprint density at radius 2 is 1.76 bits per heavy atom. The number of hydrogen-bond acceptors (Lipinski definition) is 8. The van der Waals surface area contributed by atoms with E-state index < -0.39 is 48.9 Å². The smallest absolute Gasteiger partial charge is 0.490 e. The molecule has 13 heteroatoms. The van der Waals surface area contributed by atoms with Crippen LogP contribution in [0.15, 0.2) is 66.9 Å². The van der Waals surface area contributed by atoms with Gasteiger partial charge < -0.3 is 25.0 Å². The standard InChI is InChI=1S/C32H33F3N4O6/c1-20(2)39-24-14-13-21(9-6-7-16-44-26-12-8-15-37-29(26)36)17-23(24)30(42)38(19-27(39)40)25(22-10-4-3-5-11-22)18-28(41)45-31(43)32(33,34)35/h3-5,8,10-15,17,20,25H,6-7,9,16,18-19H2,1-2H3,(H2,36,37). The average Bonchev–Trinajstić information content (AvgIpc) is 3.10. The van der Waals surface area contributed by atoms with E-state index in [4.69, 9.17) is 10.5 Å². The van der Waals surface area contributed by atoms with Gasteiger partial charge in [-0.1, -0.05) is 36.4 Å². The normalized spacial score (nSPS) is 14.2. The average molecular weight is 627 g/mol. The van der Waals surface area contributed by atoms with Crippen molar-refractivity contribution in [1.29, 1.82) is 0 Å². The number of nitrogens with zero attached hydrogens (tertiary/aromatic N) is 3. The maximum absolute atomic E-state index is 14.2. The Hall–Kier alpha value is -4.94. The van der Waals surface area contributed by atoms with Crippen LogP contribution in [0.1, 0.15) is 60.6 Å². The van der Waals surface area contributed by atoms with E-state index in [-0.39, 0.29) is 11.6 Å². The number of fused-ring (bicyclic) bond motifs is 1. The highest BCUT2D eigenvalue weighted by molar-refractivity contribution is 6.10. The van der Waals surface area contributed by atoms with Crippen LogP contribution in [0.2, 0.25) is 0 Å². The first-order chi connectivity index (χ1) is 21.4. The number of pyridine rings is 1. The molecule has 2 aromatic carbocycles. The zero-order valence-corrected chi connectivity index (χ0v) is 24.8. The number of ether oxygens (including phenoxy) is 2. The third kappa shape index (κ3) is 8.16. The van der Waals surface area contributed by atoms with Crippen LogP contribution in [0.5, 0.6) is 5.75 Å². The molecule has 0 aliphatic carbocycles. The SMILES string of the molecule is CC(C)N1C(=O)CN(C(CC(=O)OC(=O)C(F)(F)F)c2ccccc2)C(=O)c2cc(CCCCOc3cccnc3N)ccc21. The lowest BCUT2D eigenvalue weighted by Crippen LogP contribution is -2.44. The second-order valence-electron chi connectivity index (χ2n) is 10.7. The first-order valence-corrected chi connectivity index (χ1v) is 14.3. The predicted molar refractivity (Wildman–Crippen MR) is 158 cm³/mol. The van der Waals surface area contributed by atoms with Gasteiger partial charge in [-0.15, -0.1) is 0 Å². The Morgan fingerprint density at radius 1 is 1.02 bits per heavy atom. The fraction of sp³-hybridized carbons (Fsp3) is 0.344. The molecule has 45 heavy (non-hydrogen) atoms. The summed E-state index contributed by atoms with van der Waals surface area (Å²) in [5.41, 5.74) is 7.57. The lowest BCUT2D eigenvalue weighted by molar-refractivity contribution is -0.202. The fourth-order valence-corrected chi connectivity index (χ4v) is 5.10. The number of aromatic nitrogens is 1. The fourth-order valence-electron chi connectivity index (χ4n) is 5.10. The van der Waals surface area contributed by atoms with Crippen molar-refractivity contribution in [2.75, 3.05) is 23.8 Å². The summed E-state index contributed by atoms with van der Waals surface area (Å²) in [5, 5.41) is 0. The van der Waals surface area contributed by atoms with Gasteiger partial charge in [0.05, 0.1) is 30.3 Å². The molecule has 0 radical (unpaired) electrons. The molecule has 238 valence electrons. The van der Waals surface area contributed by atoms with Crippen molar-refractivity contribution in [3.05, 3.63) is 83.6 Å². The van der Waals surface area contributed by atoms with Gasteiger partial charge >= 0.3 is 18.1 Å². The molecule has 2 heterocycles. The summed E-state index contributed by atoms with van der Waals surface area (Å²) in [6, 6.07) is 15.2. The lowest BCUT2D eigenvalue weighted by atomic mass is 9.99. The molecule has 3 aromatic rings. The van der Waals surface area contributed by atoms with E-state index in [0.29, 0.717) is 48.7 Å². The molecule has 0 fully saturated rings. The molecule has 1 aliphatic heterocycles. The molecule has 1 aromatic heterocycles. The first-order valence-electron chi connectivity index (χ1n) is 14.3. The molecule has 0 saturated carbocycles. The maximum Gasteiger partial charge on any atom is 0.491 e. The van der Waals surface area contributed by atoms with Crippen molar-refractivity contribution >= 4 is 35.3 Å². The highest BCUT2D eigenvalue weighted by Gasteiger charge is 2.43. The minimum atomic E-state index is -5.38. The van der Waals surface area contributed by atoms with Gasteiger partial charge in [-0.05, 0) is 68.5 Å². The summed E-state index contributed by atoms with van der Waals surface area (Å²) in [5.74, 6) is -4.40. The third-order valence-electron chi connectivity index (χ3n) is 7.18. The van der Waals surface area contributed by atoms with E-state index >= 15 is 0 Å². The lowest BCUT2D eigenvalue weighted by Gasteiger charge is -2.30. The Bertz CT molecular complexity index is 1550. The van der Waals surface area contributed by atoms with Crippen molar-refractivity contribution in [1.82, 2.24) is 9.88 Å². The monoisotopic (exact) mass is 626 g/mol. The first kappa shape index (κ1) is 33.0. The van der Waals surface area contributed by atoms with E-state index in [1.807, 2.05) is 6.07 Å². The number of benzene rings is 2. The summed E-state index contributed by atoms with van der Waals surface area (Å²) >= 11 is 0. The van der Waals surface area contributed by atoms with Crippen LogP contribution in [0, 0.1) is 0 Å². The number of nitrogen functional groups attached to an aromatic ring is 1. The second-order valence-corrected chi connectivity index (χ2v) is 10.7. The Labute approximate surface area is 257 Å². The van der Waals surface area contributed by atoms with Gasteiger partial charge in [-0.2, -0.15) is 13.2 Å². The molecule has 2 amide bonds. The molecule has 1 unspecified atom stereocenters. The molecule has 1 atom stereocenters. The van der Waals surface area contributed by atoms with Crippen LogP contribution in [0.4, 0.5) is 24.7 Å². The predicted octanol–water partition coefficient (Wildman–Crippen LogP) is 5.03. The van der Waals surface area contributed by atoms with Crippen LogP contribution < -0.4 is 15.4 Å². The quantitative estimate of drug-likeness (QED) is 0.178. The summed E-state index contributed by atoms with van der Waals surface area (Å²) in [4.78, 5) is 58.2. The van der Waals surface area contributed by atoms with Crippen LogP contribution in [-0.2, 0) is 25.5 Å². The van der Waals surface area contributed by atoms with Crippen molar-refractivity contribution in [2.24, 2.45) is 0 Å². The van der Waals surface area contributed by atoms with Crippen LogP contribution in [-0.4, -0.2) is 59.0 Å².